The smallest absolute Gasteiger partial charge is 0.114 e. The number of nitrogens with zero attached hydrogens (tertiary/aromatic N) is 3. The van der Waals surface area contributed by atoms with Crippen molar-refractivity contribution in [2.24, 2.45) is 0 Å². The van der Waals surface area contributed by atoms with Gasteiger partial charge in [0.1, 0.15) is 11.8 Å². The Bertz CT molecular complexity index is 510. The van der Waals surface area contributed by atoms with Crippen LogP contribution in [-0.4, -0.2) is 20.1 Å². The minimum atomic E-state index is -0.0886. The largest absolute Gasteiger partial charge is 0.390 e. The van der Waals surface area contributed by atoms with Gasteiger partial charge in [0.25, 0.3) is 0 Å². The molecule has 0 saturated carbocycles. The molecule has 1 N–H and O–H groups in total. The van der Waals surface area contributed by atoms with Gasteiger partial charge >= 0.3 is 0 Å². The number of ether oxygens (including phenoxy) is 1. The summed E-state index contributed by atoms with van der Waals surface area (Å²) in [6.45, 7) is 1.00. The number of hydrogen-bond donors (Lipinski definition) is 1. The van der Waals surface area contributed by atoms with Crippen LogP contribution in [-0.2, 0) is 24.5 Å². The molecule has 88 valence electrons. The predicted molar refractivity (Wildman–Crippen MR) is 59.9 cm³/mol. The normalized spacial score (nSPS) is 19.0. The molecule has 0 saturated heterocycles. The lowest BCUT2D eigenvalue weighted by Gasteiger charge is -2.24. The van der Waals surface area contributed by atoms with Gasteiger partial charge in [0.2, 0.25) is 0 Å². The quantitative estimate of drug-likeness (QED) is 0.839. The molecule has 0 amide bonds. The number of aliphatic hydroxyl groups excluding tert-OH is 1. The molecule has 2 aromatic rings. The van der Waals surface area contributed by atoms with Crippen molar-refractivity contribution in [1.29, 1.82) is 0 Å². The van der Waals surface area contributed by atoms with Crippen molar-refractivity contribution in [1.82, 2.24) is 15.0 Å². The molecule has 5 heteroatoms. The summed E-state index contributed by atoms with van der Waals surface area (Å²) < 4.78 is 7.59. The zero-order valence-corrected chi connectivity index (χ0v) is 9.28. The first-order chi connectivity index (χ1) is 8.38. The van der Waals surface area contributed by atoms with E-state index in [0.29, 0.717) is 18.8 Å². The van der Waals surface area contributed by atoms with Gasteiger partial charge in [0.15, 0.2) is 0 Å². The molecule has 17 heavy (non-hydrogen) atoms. The maximum atomic E-state index is 9.09. The molecule has 1 aromatic carbocycles. The van der Waals surface area contributed by atoms with Crippen LogP contribution >= 0.6 is 0 Å². The monoisotopic (exact) mass is 231 g/mol. The summed E-state index contributed by atoms with van der Waals surface area (Å²) in [4.78, 5) is 0. The minimum absolute atomic E-state index is 0.0111. The number of fused-ring (bicyclic) bond motifs is 1. The summed E-state index contributed by atoms with van der Waals surface area (Å²) in [5.41, 5.74) is 2.62. The lowest BCUT2D eigenvalue weighted by Crippen LogP contribution is -2.22. The van der Waals surface area contributed by atoms with Crippen LogP contribution in [0.15, 0.2) is 30.3 Å². The number of hydrogen-bond acceptors (Lipinski definition) is 4. The first-order valence-electron chi connectivity index (χ1n) is 5.57. The SMILES string of the molecule is OCc1nnn2c1COC(c1ccccc1)C2. The zero-order chi connectivity index (χ0) is 11.7. The van der Waals surface area contributed by atoms with E-state index in [1.807, 2.05) is 35.0 Å². The van der Waals surface area contributed by atoms with E-state index in [0.717, 1.165) is 11.3 Å². The molecule has 0 aliphatic carbocycles. The van der Waals surface area contributed by atoms with Gasteiger partial charge < -0.3 is 9.84 Å². The molecule has 2 heterocycles. The van der Waals surface area contributed by atoms with Crippen molar-refractivity contribution in [3.63, 3.8) is 0 Å². The van der Waals surface area contributed by atoms with Gasteiger partial charge in [-0.1, -0.05) is 35.5 Å². The Hall–Kier alpha value is -1.72. The lowest BCUT2D eigenvalue weighted by atomic mass is 10.1. The third-order valence-electron chi connectivity index (χ3n) is 3.00. The fourth-order valence-corrected chi connectivity index (χ4v) is 2.05. The molecular formula is C12H13N3O2. The first-order valence-corrected chi connectivity index (χ1v) is 5.57. The average molecular weight is 231 g/mol. The van der Waals surface area contributed by atoms with Crippen LogP contribution in [0.3, 0.4) is 0 Å². The molecule has 1 aromatic heterocycles. The Morgan fingerprint density at radius 2 is 2.18 bits per heavy atom. The molecule has 3 rings (SSSR count). The highest BCUT2D eigenvalue weighted by Gasteiger charge is 2.24. The Balaban J connectivity index is 1.86. The molecule has 1 unspecified atom stereocenters. The van der Waals surface area contributed by atoms with Crippen LogP contribution in [0.5, 0.6) is 0 Å². The number of aromatic nitrogens is 3. The summed E-state index contributed by atoms with van der Waals surface area (Å²) in [6, 6.07) is 10.1. The van der Waals surface area contributed by atoms with E-state index in [1.165, 1.54) is 0 Å². The van der Waals surface area contributed by atoms with E-state index in [2.05, 4.69) is 10.3 Å². The van der Waals surface area contributed by atoms with Crippen LogP contribution in [0.2, 0.25) is 0 Å². The zero-order valence-electron chi connectivity index (χ0n) is 9.28. The van der Waals surface area contributed by atoms with Crippen LogP contribution in [0.1, 0.15) is 23.1 Å². The second kappa shape index (κ2) is 4.27. The molecule has 0 fully saturated rings. The standard InChI is InChI=1S/C12H13N3O2/c16-7-10-11-8-17-12(6-15(11)14-13-10)9-4-2-1-3-5-9/h1-5,12,16H,6-8H2. The van der Waals surface area contributed by atoms with Crippen molar-refractivity contribution >= 4 is 0 Å². The number of aliphatic hydroxyl groups is 1. The van der Waals surface area contributed by atoms with Crippen LogP contribution in [0.4, 0.5) is 0 Å². The van der Waals surface area contributed by atoms with Crippen molar-refractivity contribution in [2.45, 2.75) is 25.9 Å². The maximum absolute atomic E-state index is 9.09. The summed E-state index contributed by atoms with van der Waals surface area (Å²) in [5.74, 6) is 0. The molecule has 1 aliphatic heterocycles. The fourth-order valence-electron chi connectivity index (χ4n) is 2.05. The minimum Gasteiger partial charge on any atom is -0.390 e. The predicted octanol–water partition coefficient (Wildman–Crippen LogP) is 1.04. The van der Waals surface area contributed by atoms with E-state index in [1.54, 1.807) is 0 Å². The molecule has 5 nitrogen and oxygen atoms in total. The third-order valence-corrected chi connectivity index (χ3v) is 3.00. The van der Waals surface area contributed by atoms with E-state index in [9.17, 15) is 0 Å². The van der Waals surface area contributed by atoms with Crippen molar-refractivity contribution < 1.29 is 9.84 Å². The summed E-state index contributed by atoms with van der Waals surface area (Å²) in [5, 5.41) is 17.1. The van der Waals surface area contributed by atoms with E-state index >= 15 is 0 Å². The lowest BCUT2D eigenvalue weighted by molar-refractivity contribution is -0.00227. The Labute approximate surface area is 98.6 Å². The number of benzene rings is 1. The maximum Gasteiger partial charge on any atom is 0.114 e. The van der Waals surface area contributed by atoms with Gasteiger partial charge in [0.05, 0.1) is 25.5 Å². The highest BCUT2D eigenvalue weighted by Crippen LogP contribution is 2.26. The third kappa shape index (κ3) is 1.83. The Kier molecular flexibility index (Phi) is 2.62. The molecule has 0 radical (unpaired) electrons. The van der Waals surface area contributed by atoms with Gasteiger partial charge in [-0.25, -0.2) is 4.68 Å². The van der Waals surface area contributed by atoms with E-state index in [-0.39, 0.29) is 12.7 Å². The Morgan fingerprint density at radius 1 is 1.35 bits per heavy atom. The van der Waals surface area contributed by atoms with Gasteiger partial charge in [-0.05, 0) is 5.56 Å². The van der Waals surface area contributed by atoms with Crippen LogP contribution in [0, 0.1) is 0 Å². The van der Waals surface area contributed by atoms with E-state index < -0.39 is 0 Å². The molecule has 0 bridgehead atoms. The molecule has 1 atom stereocenters. The van der Waals surface area contributed by atoms with Crippen LogP contribution in [0.25, 0.3) is 0 Å². The number of rotatable bonds is 2. The molecule has 1 aliphatic rings. The van der Waals surface area contributed by atoms with Crippen molar-refractivity contribution in [2.75, 3.05) is 0 Å². The first kappa shape index (κ1) is 10.4. The van der Waals surface area contributed by atoms with Gasteiger partial charge in [-0.3, -0.25) is 0 Å². The Morgan fingerprint density at radius 3 is 2.94 bits per heavy atom. The summed E-state index contributed by atoms with van der Waals surface area (Å²) in [6.07, 6.45) is 0.0111. The van der Waals surface area contributed by atoms with Crippen molar-refractivity contribution in [3.8, 4) is 0 Å². The second-order valence-corrected chi connectivity index (χ2v) is 4.03. The van der Waals surface area contributed by atoms with Gasteiger partial charge in [0, 0.05) is 0 Å². The molecular weight excluding hydrogens is 218 g/mol. The average Bonchev–Trinajstić information content (AvgIpc) is 2.81. The van der Waals surface area contributed by atoms with E-state index in [4.69, 9.17) is 9.84 Å². The highest BCUT2D eigenvalue weighted by atomic mass is 16.5. The summed E-state index contributed by atoms with van der Waals surface area (Å²) in [7, 11) is 0. The second-order valence-electron chi connectivity index (χ2n) is 4.03. The van der Waals surface area contributed by atoms with Gasteiger partial charge in [-0.15, -0.1) is 5.10 Å². The highest BCUT2D eigenvalue weighted by molar-refractivity contribution is 5.19. The van der Waals surface area contributed by atoms with Crippen molar-refractivity contribution in [3.05, 3.63) is 47.3 Å². The molecule has 0 spiro atoms. The van der Waals surface area contributed by atoms with Crippen LogP contribution < -0.4 is 0 Å². The topological polar surface area (TPSA) is 60.2 Å². The summed E-state index contributed by atoms with van der Waals surface area (Å²) >= 11 is 0. The van der Waals surface area contributed by atoms with Gasteiger partial charge in [-0.2, -0.15) is 0 Å². The fraction of sp³-hybridized carbons (Fsp3) is 0.333.